The minimum atomic E-state index is -0.323. The Labute approximate surface area is 118 Å². The number of carbonyl (C=O) groups is 2. The van der Waals surface area contributed by atoms with E-state index in [1.54, 1.807) is 23.5 Å². The number of benzene rings is 1. The first-order valence-electron chi connectivity index (χ1n) is 5.62. The van der Waals surface area contributed by atoms with Gasteiger partial charge >= 0.3 is 0 Å². The Morgan fingerprint density at radius 3 is 2.74 bits per heavy atom. The summed E-state index contributed by atoms with van der Waals surface area (Å²) in [5.41, 5.74) is 0. The molecule has 1 N–H and O–H groups in total. The first kappa shape index (κ1) is 12.2. The van der Waals surface area contributed by atoms with Crippen molar-refractivity contribution in [3.8, 4) is 0 Å². The number of carbonyl (C=O) groups excluding carboxylic acids is 2. The number of thiophene rings is 1. The molecule has 2 heterocycles. The van der Waals surface area contributed by atoms with Crippen LogP contribution < -0.4 is 5.32 Å². The number of allylic oxidation sites excluding steroid dienone is 2. The maximum atomic E-state index is 11.3. The van der Waals surface area contributed by atoms with Crippen LogP contribution in [-0.4, -0.2) is 11.1 Å². The van der Waals surface area contributed by atoms with Gasteiger partial charge in [0.25, 0.3) is 11.1 Å². The zero-order valence-electron chi connectivity index (χ0n) is 9.75. The van der Waals surface area contributed by atoms with Crippen LogP contribution in [0.25, 0.3) is 16.2 Å². The van der Waals surface area contributed by atoms with Gasteiger partial charge in [0.15, 0.2) is 0 Å². The summed E-state index contributed by atoms with van der Waals surface area (Å²) in [4.78, 5) is 23.8. The van der Waals surface area contributed by atoms with Crippen molar-refractivity contribution in [2.24, 2.45) is 0 Å². The van der Waals surface area contributed by atoms with E-state index in [4.69, 9.17) is 0 Å². The standard InChI is InChI=1S/C14H9NO2S2/c16-13-12(19-14(17)15-13)7-3-5-10-8-9-4-1-2-6-11(9)18-10/h1-8H,(H,15,16,17). The SMILES string of the molecule is O=C1NC(=O)C(=CC=Cc2cc3ccccc3s2)S1. The first-order valence-corrected chi connectivity index (χ1v) is 7.26. The Bertz CT molecular complexity index is 695. The van der Waals surface area contributed by atoms with Crippen LogP contribution in [-0.2, 0) is 4.79 Å². The summed E-state index contributed by atoms with van der Waals surface area (Å²) in [5.74, 6) is -0.323. The molecule has 0 aliphatic carbocycles. The van der Waals surface area contributed by atoms with Gasteiger partial charge in [-0.2, -0.15) is 0 Å². The molecule has 3 rings (SSSR count). The summed E-state index contributed by atoms with van der Waals surface area (Å²) in [5, 5.41) is 3.12. The molecule has 1 aliphatic heterocycles. The predicted molar refractivity (Wildman–Crippen MR) is 80.1 cm³/mol. The van der Waals surface area contributed by atoms with Gasteiger partial charge in [0.2, 0.25) is 0 Å². The van der Waals surface area contributed by atoms with Crippen molar-refractivity contribution in [1.82, 2.24) is 5.32 Å². The van der Waals surface area contributed by atoms with Crippen LogP contribution in [0.4, 0.5) is 4.79 Å². The molecule has 3 nitrogen and oxygen atoms in total. The van der Waals surface area contributed by atoms with E-state index in [0.29, 0.717) is 4.91 Å². The monoisotopic (exact) mass is 287 g/mol. The summed E-state index contributed by atoms with van der Waals surface area (Å²) in [6.07, 6.45) is 5.40. The lowest BCUT2D eigenvalue weighted by molar-refractivity contribution is -0.115. The van der Waals surface area contributed by atoms with Gasteiger partial charge in [-0.3, -0.25) is 14.9 Å². The minimum Gasteiger partial charge on any atom is -0.282 e. The van der Waals surface area contributed by atoms with Crippen molar-refractivity contribution in [1.29, 1.82) is 0 Å². The molecular weight excluding hydrogens is 278 g/mol. The number of rotatable bonds is 2. The average molecular weight is 287 g/mol. The zero-order valence-corrected chi connectivity index (χ0v) is 11.4. The zero-order chi connectivity index (χ0) is 13.2. The molecule has 1 aromatic heterocycles. The lowest BCUT2D eigenvalue weighted by Gasteiger charge is -1.85. The molecular formula is C14H9NO2S2. The van der Waals surface area contributed by atoms with E-state index in [0.717, 1.165) is 16.6 Å². The molecule has 0 spiro atoms. The molecule has 1 fully saturated rings. The van der Waals surface area contributed by atoms with Gasteiger partial charge in [0.1, 0.15) is 0 Å². The van der Waals surface area contributed by atoms with E-state index in [1.807, 2.05) is 18.2 Å². The number of amides is 2. The van der Waals surface area contributed by atoms with E-state index < -0.39 is 0 Å². The highest BCUT2D eigenvalue weighted by Crippen LogP contribution is 2.27. The van der Waals surface area contributed by atoms with Gasteiger partial charge in [0, 0.05) is 9.58 Å². The second-order valence-electron chi connectivity index (χ2n) is 3.92. The molecule has 1 aliphatic rings. The number of fused-ring (bicyclic) bond motifs is 1. The van der Waals surface area contributed by atoms with E-state index in [-0.39, 0.29) is 11.1 Å². The maximum Gasteiger partial charge on any atom is 0.290 e. The summed E-state index contributed by atoms with van der Waals surface area (Å²) in [7, 11) is 0. The van der Waals surface area contributed by atoms with E-state index in [2.05, 4.69) is 23.5 Å². The van der Waals surface area contributed by atoms with Gasteiger partial charge in [-0.25, -0.2) is 0 Å². The Morgan fingerprint density at radius 1 is 1.16 bits per heavy atom. The lowest BCUT2D eigenvalue weighted by atomic mass is 10.2. The molecule has 0 radical (unpaired) electrons. The molecule has 1 aromatic carbocycles. The number of imide groups is 1. The Balaban J connectivity index is 1.81. The van der Waals surface area contributed by atoms with Crippen molar-refractivity contribution in [3.05, 3.63) is 52.3 Å². The smallest absolute Gasteiger partial charge is 0.282 e. The highest BCUT2D eigenvalue weighted by Gasteiger charge is 2.24. The normalized spacial score (nSPS) is 17.8. The van der Waals surface area contributed by atoms with Crippen LogP contribution in [0.15, 0.2) is 47.4 Å². The summed E-state index contributed by atoms with van der Waals surface area (Å²) in [6, 6.07) is 10.3. The third kappa shape index (κ3) is 2.62. The van der Waals surface area contributed by atoms with Gasteiger partial charge < -0.3 is 0 Å². The van der Waals surface area contributed by atoms with Gasteiger partial charge in [-0.05, 0) is 41.4 Å². The topological polar surface area (TPSA) is 46.2 Å². The predicted octanol–water partition coefficient (Wildman–Crippen LogP) is 3.78. The quantitative estimate of drug-likeness (QED) is 0.855. The molecule has 2 amide bonds. The summed E-state index contributed by atoms with van der Waals surface area (Å²) < 4.78 is 1.23. The van der Waals surface area contributed by atoms with Gasteiger partial charge in [-0.15, -0.1) is 11.3 Å². The molecule has 0 unspecified atom stereocenters. The highest BCUT2D eigenvalue weighted by molar-refractivity contribution is 8.18. The number of nitrogens with one attached hydrogen (secondary N) is 1. The van der Waals surface area contributed by atoms with Crippen LogP contribution >= 0.6 is 23.1 Å². The second-order valence-corrected chi connectivity index (χ2v) is 6.05. The molecule has 5 heteroatoms. The van der Waals surface area contributed by atoms with E-state index in [1.165, 1.54) is 10.1 Å². The first-order chi connectivity index (χ1) is 9.22. The Morgan fingerprint density at radius 2 is 2.00 bits per heavy atom. The molecule has 0 atom stereocenters. The average Bonchev–Trinajstić information content (AvgIpc) is 2.92. The van der Waals surface area contributed by atoms with Crippen LogP contribution in [0.5, 0.6) is 0 Å². The van der Waals surface area contributed by atoms with Crippen molar-refractivity contribution in [3.63, 3.8) is 0 Å². The second kappa shape index (κ2) is 5.03. The van der Waals surface area contributed by atoms with Gasteiger partial charge in [0.05, 0.1) is 4.91 Å². The largest absolute Gasteiger partial charge is 0.290 e. The molecule has 2 aromatic rings. The minimum absolute atomic E-state index is 0.313. The Hall–Kier alpha value is -1.85. The fourth-order valence-corrected chi connectivity index (χ4v) is 3.36. The van der Waals surface area contributed by atoms with Crippen molar-refractivity contribution in [2.45, 2.75) is 0 Å². The molecule has 0 bridgehead atoms. The Kier molecular flexibility index (Phi) is 3.23. The van der Waals surface area contributed by atoms with Crippen LogP contribution in [0.3, 0.4) is 0 Å². The number of hydrogen-bond donors (Lipinski definition) is 1. The van der Waals surface area contributed by atoms with Crippen LogP contribution in [0.1, 0.15) is 4.88 Å². The summed E-state index contributed by atoms with van der Waals surface area (Å²) >= 11 is 2.62. The fourth-order valence-electron chi connectivity index (χ4n) is 1.75. The van der Waals surface area contributed by atoms with Crippen LogP contribution in [0.2, 0.25) is 0 Å². The highest BCUT2D eigenvalue weighted by atomic mass is 32.2. The maximum absolute atomic E-state index is 11.3. The van der Waals surface area contributed by atoms with E-state index >= 15 is 0 Å². The molecule has 0 saturated carbocycles. The van der Waals surface area contributed by atoms with E-state index in [9.17, 15) is 9.59 Å². The molecule has 1 saturated heterocycles. The molecule has 94 valence electrons. The van der Waals surface area contributed by atoms with Gasteiger partial charge in [-0.1, -0.05) is 24.3 Å². The third-order valence-electron chi connectivity index (χ3n) is 2.59. The van der Waals surface area contributed by atoms with Crippen molar-refractivity contribution >= 4 is 50.4 Å². The fraction of sp³-hybridized carbons (Fsp3) is 0. The summed E-state index contributed by atoms with van der Waals surface area (Å²) in [6.45, 7) is 0. The van der Waals surface area contributed by atoms with Crippen molar-refractivity contribution in [2.75, 3.05) is 0 Å². The van der Waals surface area contributed by atoms with Crippen LogP contribution in [0, 0.1) is 0 Å². The lowest BCUT2D eigenvalue weighted by Crippen LogP contribution is -2.17. The number of thioether (sulfide) groups is 1. The molecule has 19 heavy (non-hydrogen) atoms. The third-order valence-corrected chi connectivity index (χ3v) is 4.50. The van der Waals surface area contributed by atoms with Crippen molar-refractivity contribution < 1.29 is 9.59 Å². The number of hydrogen-bond acceptors (Lipinski definition) is 4.